The van der Waals surface area contributed by atoms with Crippen molar-refractivity contribution in [2.45, 2.75) is 64.8 Å². The lowest BCUT2D eigenvalue weighted by Gasteiger charge is -2.21. The van der Waals surface area contributed by atoms with Crippen molar-refractivity contribution >= 4 is 10.1 Å². The average molecular weight is 350 g/mol. The fraction of sp³-hybridized carbons (Fsp3) is 0.500. The molecule has 132 valence electrons. The van der Waals surface area contributed by atoms with E-state index in [1.165, 1.54) is 0 Å². The second-order valence-electron chi connectivity index (χ2n) is 7.31. The van der Waals surface area contributed by atoms with Crippen LogP contribution in [0.4, 0.5) is 0 Å². The van der Waals surface area contributed by atoms with E-state index >= 15 is 0 Å². The SMILES string of the molecule is Cc1nn(C(C)(C)C)c(C)c1S(=O)(=O)Oc1ccccc1C(C)C. The highest BCUT2D eigenvalue weighted by Gasteiger charge is 2.30. The number of para-hydroxylation sites is 1. The lowest BCUT2D eigenvalue weighted by molar-refractivity contribution is 0.345. The van der Waals surface area contributed by atoms with Gasteiger partial charge in [0, 0.05) is 0 Å². The maximum atomic E-state index is 12.9. The Morgan fingerprint density at radius 3 is 2.21 bits per heavy atom. The first-order valence-electron chi connectivity index (χ1n) is 8.05. The first-order valence-corrected chi connectivity index (χ1v) is 9.46. The Kier molecular flexibility index (Phi) is 4.81. The molecule has 0 bridgehead atoms. The maximum Gasteiger partial charge on any atom is 0.342 e. The first-order chi connectivity index (χ1) is 10.9. The third-order valence-corrected chi connectivity index (χ3v) is 5.34. The minimum absolute atomic E-state index is 0.149. The zero-order valence-electron chi connectivity index (χ0n) is 15.4. The number of benzene rings is 1. The van der Waals surface area contributed by atoms with Gasteiger partial charge in [0.25, 0.3) is 0 Å². The lowest BCUT2D eigenvalue weighted by Crippen LogP contribution is -2.25. The zero-order valence-corrected chi connectivity index (χ0v) is 16.2. The van der Waals surface area contributed by atoms with Crippen LogP contribution < -0.4 is 4.18 Å². The Morgan fingerprint density at radius 2 is 1.71 bits per heavy atom. The second kappa shape index (κ2) is 6.24. The fourth-order valence-electron chi connectivity index (χ4n) is 2.84. The van der Waals surface area contributed by atoms with Crippen molar-refractivity contribution in [3.63, 3.8) is 0 Å². The highest BCUT2D eigenvalue weighted by Crippen LogP contribution is 2.31. The highest BCUT2D eigenvalue weighted by atomic mass is 32.2. The summed E-state index contributed by atoms with van der Waals surface area (Å²) in [7, 11) is -3.95. The molecule has 2 rings (SSSR count). The fourth-order valence-corrected chi connectivity index (χ4v) is 4.16. The molecule has 0 saturated carbocycles. The summed E-state index contributed by atoms with van der Waals surface area (Å²) < 4.78 is 33.0. The summed E-state index contributed by atoms with van der Waals surface area (Å²) in [6.07, 6.45) is 0. The minimum atomic E-state index is -3.95. The van der Waals surface area contributed by atoms with Gasteiger partial charge in [0.05, 0.1) is 16.9 Å². The summed E-state index contributed by atoms with van der Waals surface area (Å²) in [4.78, 5) is 0.149. The number of rotatable bonds is 4. The van der Waals surface area contributed by atoms with E-state index in [0.717, 1.165) is 5.56 Å². The van der Waals surface area contributed by atoms with Crippen LogP contribution in [0.15, 0.2) is 29.2 Å². The molecule has 1 aromatic carbocycles. The summed E-state index contributed by atoms with van der Waals surface area (Å²) in [5.41, 5.74) is 1.59. The molecule has 0 unspecified atom stereocenters. The maximum absolute atomic E-state index is 12.9. The number of aryl methyl sites for hydroxylation is 1. The van der Waals surface area contributed by atoms with E-state index in [0.29, 0.717) is 17.1 Å². The van der Waals surface area contributed by atoms with Crippen molar-refractivity contribution in [1.82, 2.24) is 9.78 Å². The summed E-state index contributed by atoms with van der Waals surface area (Å²) in [6.45, 7) is 13.4. The van der Waals surface area contributed by atoms with Crippen LogP contribution in [0.3, 0.4) is 0 Å². The lowest BCUT2D eigenvalue weighted by atomic mass is 10.0. The van der Waals surface area contributed by atoms with Crippen LogP contribution in [0.5, 0.6) is 5.75 Å². The highest BCUT2D eigenvalue weighted by molar-refractivity contribution is 7.87. The van der Waals surface area contributed by atoms with Gasteiger partial charge >= 0.3 is 10.1 Å². The van der Waals surface area contributed by atoms with Gasteiger partial charge in [-0.25, -0.2) is 0 Å². The predicted octanol–water partition coefficient (Wildman–Crippen LogP) is 4.15. The second-order valence-corrected chi connectivity index (χ2v) is 8.80. The molecule has 24 heavy (non-hydrogen) atoms. The van der Waals surface area contributed by atoms with Crippen LogP contribution in [0, 0.1) is 13.8 Å². The molecule has 0 fully saturated rings. The topological polar surface area (TPSA) is 61.2 Å². The molecule has 0 aliphatic heterocycles. The van der Waals surface area contributed by atoms with E-state index in [1.54, 1.807) is 30.7 Å². The summed E-state index contributed by atoms with van der Waals surface area (Å²) in [6, 6.07) is 7.22. The predicted molar refractivity (Wildman–Crippen MR) is 95.0 cm³/mol. The van der Waals surface area contributed by atoms with Crippen LogP contribution >= 0.6 is 0 Å². The Morgan fingerprint density at radius 1 is 1.12 bits per heavy atom. The Labute approximate surface area is 144 Å². The third kappa shape index (κ3) is 3.48. The van der Waals surface area contributed by atoms with E-state index in [-0.39, 0.29) is 16.4 Å². The minimum Gasteiger partial charge on any atom is -0.379 e. The van der Waals surface area contributed by atoms with Gasteiger partial charge in [0.1, 0.15) is 10.6 Å². The standard InChI is InChI=1S/C18H26N2O3S/c1-12(2)15-10-8-9-11-16(15)23-24(21,22)17-13(3)19-20(14(17)4)18(5,6)7/h8-12H,1-7H3. The zero-order chi connectivity index (χ0) is 18.3. The number of nitrogens with zero attached hydrogens (tertiary/aromatic N) is 2. The number of hydrogen-bond acceptors (Lipinski definition) is 4. The summed E-state index contributed by atoms with van der Waals surface area (Å²) in [5.74, 6) is 0.533. The van der Waals surface area contributed by atoms with Crippen LogP contribution in [-0.4, -0.2) is 18.2 Å². The molecule has 0 radical (unpaired) electrons. The van der Waals surface area contributed by atoms with E-state index in [9.17, 15) is 8.42 Å². The van der Waals surface area contributed by atoms with Gasteiger partial charge in [-0.1, -0.05) is 32.0 Å². The quantitative estimate of drug-likeness (QED) is 0.777. The monoisotopic (exact) mass is 350 g/mol. The molecule has 2 aromatic rings. The number of aromatic nitrogens is 2. The van der Waals surface area contributed by atoms with Gasteiger partial charge in [0.15, 0.2) is 0 Å². The van der Waals surface area contributed by atoms with E-state index in [1.807, 2.05) is 46.8 Å². The molecule has 0 atom stereocenters. The smallest absolute Gasteiger partial charge is 0.342 e. The molecule has 0 N–H and O–H groups in total. The van der Waals surface area contributed by atoms with Gasteiger partial charge in [-0.3, -0.25) is 4.68 Å². The molecule has 5 nitrogen and oxygen atoms in total. The van der Waals surface area contributed by atoms with Gasteiger partial charge < -0.3 is 4.18 Å². The number of hydrogen-bond donors (Lipinski definition) is 0. The molecule has 0 aliphatic rings. The van der Waals surface area contributed by atoms with Crippen molar-refractivity contribution in [3.8, 4) is 5.75 Å². The van der Waals surface area contributed by atoms with E-state index in [2.05, 4.69) is 5.10 Å². The molecular weight excluding hydrogens is 324 g/mol. The summed E-state index contributed by atoms with van der Waals surface area (Å²) in [5, 5.41) is 4.40. The van der Waals surface area contributed by atoms with E-state index in [4.69, 9.17) is 4.18 Å². The van der Waals surface area contributed by atoms with Crippen LogP contribution in [0.25, 0.3) is 0 Å². The Bertz CT molecular complexity index is 844. The average Bonchev–Trinajstić information content (AvgIpc) is 2.74. The molecule has 6 heteroatoms. The Balaban J connectivity index is 2.52. The van der Waals surface area contributed by atoms with Crippen LogP contribution in [-0.2, 0) is 15.7 Å². The van der Waals surface area contributed by atoms with Crippen molar-refractivity contribution in [1.29, 1.82) is 0 Å². The van der Waals surface area contributed by atoms with Gasteiger partial charge in [-0.05, 0) is 52.2 Å². The molecule has 0 spiro atoms. The van der Waals surface area contributed by atoms with Crippen molar-refractivity contribution < 1.29 is 12.6 Å². The molecule has 0 amide bonds. The molecule has 0 aliphatic carbocycles. The normalized spacial score (nSPS) is 12.7. The van der Waals surface area contributed by atoms with Gasteiger partial charge in [-0.2, -0.15) is 13.5 Å². The molecular formula is C18H26N2O3S. The largest absolute Gasteiger partial charge is 0.379 e. The van der Waals surface area contributed by atoms with Gasteiger partial charge in [-0.15, -0.1) is 0 Å². The van der Waals surface area contributed by atoms with Crippen molar-refractivity contribution in [3.05, 3.63) is 41.2 Å². The molecule has 0 saturated heterocycles. The van der Waals surface area contributed by atoms with Crippen molar-refractivity contribution in [2.24, 2.45) is 0 Å². The van der Waals surface area contributed by atoms with E-state index < -0.39 is 10.1 Å². The Hall–Kier alpha value is -1.82. The molecule has 1 heterocycles. The summed E-state index contributed by atoms with van der Waals surface area (Å²) >= 11 is 0. The van der Waals surface area contributed by atoms with Crippen molar-refractivity contribution in [2.75, 3.05) is 0 Å². The van der Waals surface area contributed by atoms with Crippen LogP contribution in [0.1, 0.15) is 57.5 Å². The molecule has 1 aromatic heterocycles. The first kappa shape index (κ1) is 18.5. The third-order valence-electron chi connectivity index (χ3n) is 3.85. The van der Waals surface area contributed by atoms with Crippen LogP contribution in [0.2, 0.25) is 0 Å². The van der Waals surface area contributed by atoms with Gasteiger partial charge in [0.2, 0.25) is 0 Å².